The minimum atomic E-state index is 0.197. The molecule has 1 fully saturated rings. The first kappa shape index (κ1) is 14.3. The van der Waals surface area contributed by atoms with E-state index in [0.29, 0.717) is 18.6 Å². The smallest absolute Gasteiger partial charge is 0.322 e. The fourth-order valence-corrected chi connectivity index (χ4v) is 2.04. The summed E-state index contributed by atoms with van der Waals surface area (Å²) in [6.45, 7) is 9.05. The molecule has 0 spiro atoms. The van der Waals surface area contributed by atoms with Crippen LogP contribution in [0.25, 0.3) is 0 Å². The normalized spacial score (nSPS) is 15.9. The summed E-state index contributed by atoms with van der Waals surface area (Å²) in [5, 5.41) is 0.197. The largest absolute Gasteiger partial charge is 0.463 e. The van der Waals surface area contributed by atoms with Gasteiger partial charge in [0.1, 0.15) is 0 Å². The molecule has 0 amide bonds. The van der Waals surface area contributed by atoms with Crippen LogP contribution >= 0.6 is 11.6 Å². The van der Waals surface area contributed by atoms with E-state index < -0.39 is 0 Å². The first-order chi connectivity index (χ1) is 8.94. The van der Waals surface area contributed by atoms with Crippen LogP contribution < -0.4 is 9.64 Å². The van der Waals surface area contributed by atoms with E-state index in [0.717, 1.165) is 19.5 Å². The summed E-state index contributed by atoms with van der Waals surface area (Å²) >= 11 is 5.93. The summed E-state index contributed by atoms with van der Waals surface area (Å²) < 4.78 is 5.59. The second-order valence-corrected chi connectivity index (χ2v) is 6.38. The van der Waals surface area contributed by atoms with Gasteiger partial charge in [-0.15, -0.1) is 0 Å². The highest BCUT2D eigenvalue weighted by molar-refractivity contribution is 6.28. The average Bonchev–Trinajstić information content (AvgIpc) is 2.79. The Morgan fingerprint density at radius 3 is 2.47 bits per heavy atom. The van der Waals surface area contributed by atoms with Gasteiger partial charge in [0.25, 0.3) is 0 Å². The Kier molecular flexibility index (Phi) is 4.45. The van der Waals surface area contributed by atoms with Crippen LogP contribution in [0.1, 0.15) is 40.0 Å². The molecule has 1 aliphatic rings. The molecule has 0 radical (unpaired) electrons. The van der Waals surface area contributed by atoms with Crippen LogP contribution in [0.2, 0.25) is 5.28 Å². The molecule has 106 valence electrons. The Labute approximate surface area is 119 Å². The van der Waals surface area contributed by atoms with Crippen molar-refractivity contribution in [3.63, 3.8) is 0 Å². The Balaban J connectivity index is 2.00. The van der Waals surface area contributed by atoms with Crippen LogP contribution in [0.4, 0.5) is 5.95 Å². The van der Waals surface area contributed by atoms with Gasteiger partial charge in [0.05, 0.1) is 6.61 Å². The van der Waals surface area contributed by atoms with E-state index in [1.165, 1.54) is 12.8 Å². The Morgan fingerprint density at radius 2 is 1.84 bits per heavy atom. The van der Waals surface area contributed by atoms with Gasteiger partial charge in [-0.2, -0.15) is 15.0 Å². The van der Waals surface area contributed by atoms with Crippen LogP contribution in [-0.4, -0.2) is 34.6 Å². The second kappa shape index (κ2) is 5.90. The molecule has 0 N–H and O–H groups in total. The lowest BCUT2D eigenvalue weighted by atomic mass is 9.93. The zero-order chi connectivity index (χ0) is 13.9. The summed E-state index contributed by atoms with van der Waals surface area (Å²) in [5.74, 6) is 0.628. The SMILES string of the molecule is CC(C)(C)CCOc1nc(Cl)nc(N2CCCC2)n1. The number of ether oxygens (including phenoxy) is 1. The number of hydrogen-bond acceptors (Lipinski definition) is 5. The van der Waals surface area contributed by atoms with E-state index in [2.05, 4.69) is 40.6 Å². The molecule has 1 aromatic rings. The molecular formula is C13H21ClN4O. The van der Waals surface area contributed by atoms with Gasteiger partial charge in [0.15, 0.2) is 0 Å². The molecule has 2 rings (SSSR count). The molecule has 0 bridgehead atoms. The maximum atomic E-state index is 5.93. The maximum absolute atomic E-state index is 5.93. The minimum Gasteiger partial charge on any atom is -0.463 e. The second-order valence-electron chi connectivity index (χ2n) is 6.04. The van der Waals surface area contributed by atoms with Gasteiger partial charge in [-0.1, -0.05) is 20.8 Å². The fraction of sp³-hybridized carbons (Fsp3) is 0.769. The van der Waals surface area contributed by atoms with Crippen LogP contribution in [-0.2, 0) is 0 Å². The lowest BCUT2D eigenvalue weighted by molar-refractivity contribution is 0.228. The van der Waals surface area contributed by atoms with Gasteiger partial charge in [-0.3, -0.25) is 0 Å². The zero-order valence-electron chi connectivity index (χ0n) is 11.8. The van der Waals surface area contributed by atoms with Gasteiger partial charge in [0.2, 0.25) is 11.2 Å². The summed E-state index contributed by atoms with van der Waals surface area (Å²) in [5.41, 5.74) is 0.231. The number of halogens is 1. The first-order valence-electron chi connectivity index (χ1n) is 6.73. The number of nitrogens with zero attached hydrogens (tertiary/aromatic N) is 4. The predicted octanol–water partition coefficient (Wildman–Crippen LogP) is 2.94. The minimum absolute atomic E-state index is 0.197. The van der Waals surface area contributed by atoms with Crippen molar-refractivity contribution in [2.75, 3.05) is 24.6 Å². The quantitative estimate of drug-likeness (QED) is 0.851. The molecule has 1 aromatic heterocycles. The van der Waals surface area contributed by atoms with E-state index in [9.17, 15) is 0 Å². The summed E-state index contributed by atoms with van der Waals surface area (Å²) in [6.07, 6.45) is 3.28. The van der Waals surface area contributed by atoms with Gasteiger partial charge in [-0.25, -0.2) is 0 Å². The van der Waals surface area contributed by atoms with Crippen LogP contribution in [0.5, 0.6) is 6.01 Å². The van der Waals surface area contributed by atoms with E-state index in [4.69, 9.17) is 16.3 Å². The molecule has 5 nitrogen and oxygen atoms in total. The molecule has 6 heteroatoms. The molecule has 1 aliphatic heterocycles. The van der Waals surface area contributed by atoms with Crippen molar-refractivity contribution < 1.29 is 4.74 Å². The number of hydrogen-bond donors (Lipinski definition) is 0. The third-order valence-electron chi connectivity index (χ3n) is 3.05. The van der Waals surface area contributed by atoms with Crippen molar-refractivity contribution in [2.24, 2.45) is 5.41 Å². The summed E-state index contributed by atoms with van der Waals surface area (Å²) in [7, 11) is 0. The molecule has 19 heavy (non-hydrogen) atoms. The van der Waals surface area contributed by atoms with Crippen molar-refractivity contribution in [2.45, 2.75) is 40.0 Å². The van der Waals surface area contributed by atoms with Crippen molar-refractivity contribution in [1.82, 2.24) is 15.0 Å². The van der Waals surface area contributed by atoms with Crippen LogP contribution in [0.15, 0.2) is 0 Å². The number of anilines is 1. The monoisotopic (exact) mass is 284 g/mol. The van der Waals surface area contributed by atoms with E-state index in [-0.39, 0.29) is 10.7 Å². The molecular weight excluding hydrogens is 264 g/mol. The summed E-state index contributed by atoms with van der Waals surface area (Å²) in [4.78, 5) is 14.6. The molecule has 0 unspecified atom stereocenters. The molecule has 0 atom stereocenters. The van der Waals surface area contributed by atoms with E-state index in [1.807, 2.05) is 0 Å². The Hall–Kier alpha value is -1.10. The predicted molar refractivity (Wildman–Crippen MR) is 75.9 cm³/mol. The average molecular weight is 285 g/mol. The molecule has 0 saturated carbocycles. The number of rotatable bonds is 4. The van der Waals surface area contributed by atoms with Gasteiger partial charge in [0, 0.05) is 13.1 Å². The third kappa shape index (κ3) is 4.49. The topological polar surface area (TPSA) is 51.1 Å². The van der Waals surface area contributed by atoms with Gasteiger partial charge in [-0.05, 0) is 36.3 Å². The summed E-state index contributed by atoms with van der Waals surface area (Å²) in [6, 6.07) is 0.325. The van der Waals surface area contributed by atoms with Crippen molar-refractivity contribution in [1.29, 1.82) is 0 Å². The van der Waals surface area contributed by atoms with E-state index >= 15 is 0 Å². The lowest BCUT2D eigenvalue weighted by Gasteiger charge is -2.18. The van der Waals surface area contributed by atoms with Gasteiger partial charge >= 0.3 is 6.01 Å². The van der Waals surface area contributed by atoms with Crippen molar-refractivity contribution in [3.8, 4) is 6.01 Å². The Morgan fingerprint density at radius 1 is 1.16 bits per heavy atom. The van der Waals surface area contributed by atoms with Crippen molar-refractivity contribution in [3.05, 3.63) is 5.28 Å². The highest BCUT2D eigenvalue weighted by atomic mass is 35.5. The maximum Gasteiger partial charge on any atom is 0.322 e. The number of aromatic nitrogens is 3. The zero-order valence-corrected chi connectivity index (χ0v) is 12.6. The highest BCUT2D eigenvalue weighted by Crippen LogP contribution is 2.21. The van der Waals surface area contributed by atoms with Crippen LogP contribution in [0.3, 0.4) is 0 Å². The molecule has 0 aliphatic carbocycles. The lowest BCUT2D eigenvalue weighted by Crippen LogP contribution is -2.21. The standard InChI is InChI=1S/C13H21ClN4O/c1-13(2,3)6-9-19-12-16-10(14)15-11(17-12)18-7-4-5-8-18/h4-9H2,1-3H3. The van der Waals surface area contributed by atoms with Crippen molar-refractivity contribution >= 4 is 17.5 Å². The molecule has 0 aromatic carbocycles. The molecule has 1 saturated heterocycles. The van der Waals surface area contributed by atoms with Crippen LogP contribution in [0, 0.1) is 5.41 Å². The molecule has 2 heterocycles. The first-order valence-corrected chi connectivity index (χ1v) is 7.11. The van der Waals surface area contributed by atoms with E-state index in [1.54, 1.807) is 0 Å². The van der Waals surface area contributed by atoms with Gasteiger partial charge < -0.3 is 9.64 Å². The fourth-order valence-electron chi connectivity index (χ4n) is 1.89. The highest BCUT2D eigenvalue weighted by Gasteiger charge is 2.18. The Bertz CT molecular complexity index is 427. The third-order valence-corrected chi connectivity index (χ3v) is 3.22.